The van der Waals surface area contributed by atoms with Gasteiger partial charge in [0.1, 0.15) is 0 Å². The van der Waals surface area contributed by atoms with Crippen molar-refractivity contribution in [2.75, 3.05) is 0 Å². The van der Waals surface area contributed by atoms with Gasteiger partial charge in [-0.05, 0) is 12.1 Å². The predicted molar refractivity (Wildman–Crippen MR) is 48.2 cm³/mol. The molecular weight excluding hydrogens is 150 g/mol. The molecule has 0 radical (unpaired) electrons. The van der Waals surface area contributed by atoms with Crippen molar-refractivity contribution in [2.45, 2.75) is 0 Å². The Labute approximate surface area is 71.3 Å². The van der Waals surface area contributed by atoms with Crippen molar-refractivity contribution in [3.8, 4) is 0 Å². The molecule has 0 bridgehead atoms. The Hall–Kier alpha value is -1.70. The largest absolute Gasteiger partial charge is 1.00 e. The molecule has 2 rings (SSSR count). The van der Waals surface area contributed by atoms with E-state index in [9.17, 15) is 4.79 Å². The molecule has 0 spiro atoms. The van der Waals surface area contributed by atoms with Crippen LogP contribution in [0.1, 0.15) is 11.8 Å². The Balaban J connectivity index is 0.000000845. The van der Waals surface area contributed by atoms with Gasteiger partial charge in [-0.15, -0.1) is 0 Å². The third kappa shape index (κ3) is 1.07. The maximum Gasteiger partial charge on any atom is 1.00 e. The standard InChI is InChI=1S/C10H7NO/c12-7-8-5-9-3-1-2-4-10(9)11-6-8/h1-7H/p+1. The summed E-state index contributed by atoms with van der Waals surface area (Å²) in [6.07, 6.45) is 2.38. The lowest BCUT2D eigenvalue weighted by atomic mass is 10.2. The van der Waals surface area contributed by atoms with Crippen molar-refractivity contribution < 1.29 is 6.22 Å². The van der Waals surface area contributed by atoms with Crippen LogP contribution in [0.25, 0.3) is 10.9 Å². The normalized spacial score (nSPS) is 10.0. The van der Waals surface area contributed by atoms with Crippen LogP contribution in [0.4, 0.5) is 0 Å². The van der Waals surface area contributed by atoms with Crippen molar-refractivity contribution >= 4 is 17.2 Å². The predicted octanol–water partition coefficient (Wildman–Crippen LogP) is 2.16. The molecule has 12 heavy (non-hydrogen) atoms. The van der Waals surface area contributed by atoms with E-state index in [4.69, 9.17) is 0 Å². The van der Waals surface area contributed by atoms with Crippen LogP contribution in [0, 0.1) is 0 Å². The second-order valence-corrected chi connectivity index (χ2v) is 2.58. The molecule has 0 aliphatic rings. The second kappa shape index (κ2) is 2.74. The molecule has 1 heterocycles. The van der Waals surface area contributed by atoms with E-state index in [1.807, 2.05) is 30.3 Å². The summed E-state index contributed by atoms with van der Waals surface area (Å²) in [4.78, 5) is 14.5. The third-order valence-corrected chi connectivity index (χ3v) is 1.75. The first-order valence-electron chi connectivity index (χ1n) is 3.70. The zero-order valence-electron chi connectivity index (χ0n) is 7.40. The van der Waals surface area contributed by atoms with Crippen LogP contribution in [0.5, 0.6) is 0 Å². The van der Waals surface area contributed by atoms with Gasteiger partial charge in [-0.2, -0.15) is 0 Å². The van der Waals surface area contributed by atoms with E-state index >= 15 is 0 Å². The molecule has 0 aliphatic carbocycles. The Kier molecular flexibility index (Phi) is 1.59. The van der Waals surface area contributed by atoms with E-state index in [0.29, 0.717) is 5.56 Å². The molecule has 0 aliphatic heterocycles. The smallest absolute Gasteiger partial charge is 0.298 e. The number of aldehydes is 1. The molecule has 0 fully saturated rings. The van der Waals surface area contributed by atoms with E-state index in [1.54, 1.807) is 6.20 Å². The molecule has 0 saturated heterocycles. The van der Waals surface area contributed by atoms with Gasteiger partial charge < -0.3 is 0 Å². The van der Waals surface area contributed by atoms with Crippen LogP contribution in [-0.2, 0) is 0 Å². The number of pyridine rings is 1. The second-order valence-electron chi connectivity index (χ2n) is 2.58. The minimum absolute atomic E-state index is 0. The van der Waals surface area contributed by atoms with E-state index in [-0.39, 0.29) is 1.43 Å². The number of fused-ring (bicyclic) bond motifs is 1. The number of hydrogen-bond donors (Lipinski definition) is 0. The molecule has 2 nitrogen and oxygen atoms in total. The molecule has 1 aromatic heterocycles. The summed E-state index contributed by atoms with van der Waals surface area (Å²) in [5.74, 6) is 0. The van der Waals surface area contributed by atoms with Crippen LogP contribution >= 0.6 is 0 Å². The van der Waals surface area contributed by atoms with Gasteiger partial charge in [0.2, 0.25) is 0 Å². The zero-order chi connectivity index (χ0) is 8.39. The fraction of sp³-hybridized carbons (Fsp3) is 0. The Morgan fingerprint density at radius 1 is 1.33 bits per heavy atom. The van der Waals surface area contributed by atoms with Crippen molar-refractivity contribution in [3.05, 3.63) is 42.1 Å². The van der Waals surface area contributed by atoms with E-state index in [1.165, 1.54) is 0 Å². The summed E-state index contributed by atoms with van der Waals surface area (Å²) >= 11 is 0. The third-order valence-electron chi connectivity index (χ3n) is 1.75. The Morgan fingerprint density at radius 2 is 2.17 bits per heavy atom. The van der Waals surface area contributed by atoms with Crippen molar-refractivity contribution in [1.29, 1.82) is 0 Å². The van der Waals surface area contributed by atoms with Gasteiger partial charge in [0.15, 0.2) is 6.29 Å². The molecular formula is C10H8NO+. The Bertz CT molecular complexity index is 428. The lowest BCUT2D eigenvalue weighted by Crippen LogP contribution is -1.83. The first-order chi connectivity index (χ1) is 5.90. The minimum atomic E-state index is 0. The SMILES string of the molecule is O=Cc1cnc2ccccc2c1.[H+]. The fourth-order valence-corrected chi connectivity index (χ4v) is 1.15. The number of hydrogen-bond acceptors (Lipinski definition) is 2. The number of carbonyl (C=O) groups is 1. The zero-order valence-corrected chi connectivity index (χ0v) is 6.40. The summed E-state index contributed by atoms with van der Waals surface area (Å²) in [6.45, 7) is 0. The average Bonchev–Trinajstić information content (AvgIpc) is 2.17. The molecule has 0 N–H and O–H groups in total. The quantitative estimate of drug-likeness (QED) is 0.595. The number of nitrogens with zero attached hydrogens (tertiary/aromatic N) is 1. The summed E-state index contributed by atoms with van der Waals surface area (Å²) in [5.41, 5.74) is 1.54. The highest BCUT2D eigenvalue weighted by atomic mass is 16.1. The molecule has 2 aromatic rings. The highest BCUT2D eigenvalue weighted by Crippen LogP contribution is 2.10. The van der Waals surface area contributed by atoms with Gasteiger partial charge in [-0.3, -0.25) is 9.78 Å². The van der Waals surface area contributed by atoms with Crippen LogP contribution < -0.4 is 0 Å². The molecule has 58 valence electrons. The summed E-state index contributed by atoms with van der Waals surface area (Å²) < 4.78 is 0. The first-order valence-corrected chi connectivity index (χ1v) is 3.70. The maximum atomic E-state index is 10.4. The number of rotatable bonds is 1. The molecule has 0 unspecified atom stereocenters. The van der Waals surface area contributed by atoms with Gasteiger partial charge in [0, 0.05) is 17.1 Å². The molecule has 0 atom stereocenters. The topological polar surface area (TPSA) is 30.0 Å². The maximum absolute atomic E-state index is 10.4. The number of para-hydroxylation sites is 1. The van der Waals surface area contributed by atoms with E-state index in [0.717, 1.165) is 17.2 Å². The molecule has 1 aromatic carbocycles. The summed E-state index contributed by atoms with van der Waals surface area (Å²) in [7, 11) is 0. The number of carbonyl (C=O) groups excluding carboxylic acids is 1. The first kappa shape index (κ1) is 6.98. The molecule has 2 heteroatoms. The van der Waals surface area contributed by atoms with Crippen LogP contribution in [-0.4, -0.2) is 11.3 Å². The number of aromatic nitrogens is 1. The summed E-state index contributed by atoms with van der Waals surface area (Å²) in [5, 5.41) is 1.00. The number of benzene rings is 1. The molecule has 0 saturated carbocycles. The van der Waals surface area contributed by atoms with E-state index < -0.39 is 0 Å². The van der Waals surface area contributed by atoms with Crippen molar-refractivity contribution in [2.24, 2.45) is 0 Å². The van der Waals surface area contributed by atoms with Gasteiger partial charge in [-0.25, -0.2) is 0 Å². The highest BCUT2D eigenvalue weighted by molar-refractivity contribution is 5.85. The lowest BCUT2D eigenvalue weighted by Gasteiger charge is -1.95. The van der Waals surface area contributed by atoms with Gasteiger partial charge in [0.25, 0.3) is 0 Å². The lowest BCUT2D eigenvalue weighted by molar-refractivity contribution is 0.112. The fourth-order valence-electron chi connectivity index (χ4n) is 1.15. The monoisotopic (exact) mass is 158 g/mol. The van der Waals surface area contributed by atoms with Gasteiger partial charge >= 0.3 is 1.43 Å². The van der Waals surface area contributed by atoms with Crippen molar-refractivity contribution in [1.82, 2.24) is 4.98 Å². The van der Waals surface area contributed by atoms with Gasteiger partial charge in [-0.1, -0.05) is 18.2 Å². The highest BCUT2D eigenvalue weighted by Gasteiger charge is 1.94. The van der Waals surface area contributed by atoms with Crippen molar-refractivity contribution in [3.63, 3.8) is 0 Å². The average molecular weight is 158 g/mol. The molecule has 0 amide bonds. The Morgan fingerprint density at radius 3 is 3.00 bits per heavy atom. The summed E-state index contributed by atoms with van der Waals surface area (Å²) in [6, 6.07) is 9.54. The van der Waals surface area contributed by atoms with Crippen LogP contribution in [0.2, 0.25) is 0 Å². The van der Waals surface area contributed by atoms with E-state index in [2.05, 4.69) is 4.98 Å². The van der Waals surface area contributed by atoms with Crippen LogP contribution in [0.15, 0.2) is 36.5 Å². The van der Waals surface area contributed by atoms with Crippen LogP contribution in [0.3, 0.4) is 0 Å². The minimum Gasteiger partial charge on any atom is -0.298 e. The van der Waals surface area contributed by atoms with Gasteiger partial charge in [0.05, 0.1) is 5.52 Å².